The molecule has 0 fully saturated rings. The number of nitrogens with zero attached hydrogens (tertiary/aromatic N) is 1. The summed E-state index contributed by atoms with van der Waals surface area (Å²) in [6.45, 7) is 6.84. The van der Waals surface area contributed by atoms with Crippen molar-refractivity contribution >= 4 is 18.2 Å². The van der Waals surface area contributed by atoms with Crippen LogP contribution >= 0.6 is 0 Å². The number of isocyanates is 2. The summed E-state index contributed by atoms with van der Waals surface area (Å²) in [5.74, 6) is 0. The molecule has 0 heterocycles. The maximum absolute atomic E-state index is 8.35. The summed E-state index contributed by atoms with van der Waals surface area (Å²) in [5, 5.41) is 10.8. The van der Waals surface area contributed by atoms with Crippen LogP contribution in [0, 0.1) is 17.7 Å². The Hall–Kier alpha value is -3.10. The Morgan fingerprint density at radius 2 is 1.40 bits per heavy atom. The normalized spacial score (nSPS) is 8.00. The highest BCUT2D eigenvalue weighted by Crippen LogP contribution is 2.10. The molecule has 0 aliphatic rings. The molecule has 0 saturated heterocycles. The van der Waals surface area contributed by atoms with Gasteiger partial charge in [-0.1, -0.05) is 72.8 Å². The van der Waals surface area contributed by atoms with E-state index in [9.17, 15) is 0 Å². The van der Waals surface area contributed by atoms with E-state index in [1.54, 1.807) is 0 Å². The molecule has 0 bridgehead atoms. The van der Waals surface area contributed by atoms with Gasteiger partial charge in [0.1, 0.15) is 0 Å². The van der Waals surface area contributed by atoms with Gasteiger partial charge in [0, 0.05) is 6.54 Å². The van der Waals surface area contributed by atoms with Crippen LogP contribution in [-0.2, 0) is 16.1 Å². The van der Waals surface area contributed by atoms with Crippen LogP contribution in [0.2, 0.25) is 0 Å². The molecule has 5 nitrogen and oxygen atoms in total. The third-order valence-electron chi connectivity index (χ3n) is 2.70. The van der Waals surface area contributed by atoms with Gasteiger partial charge in [-0.3, -0.25) is 0 Å². The number of benzene rings is 2. The molecule has 25 heavy (non-hydrogen) atoms. The lowest BCUT2D eigenvalue weighted by Gasteiger charge is -2.11. The van der Waals surface area contributed by atoms with Gasteiger partial charge in [-0.2, -0.15) is 0 Å². The van der Waals surface area contributed by atoms with Gasteiger partial charge in [-0.25, -0.2) is 20.4 Å². The standard InChI is InChI=1S/C11H15N.C7H8.2CHNO/c1-4-10-7-5-6-8-11(10)9-12(2)3;1-7-5-3-2-4-6-7;2*2-1-3/h4-8H,1,9H2,2-3H3;2-6H,1H3;2*2H. The lowest BCUT2D eigenvalue weighted by Crippen LogP contribution is -2.11. The van der Waals surface area contributed by atoms with E-state index in [1.807, 2.05) is 30.3 Å². The molecular weight excluding hydrogens is 314 g/mol. The molecule has 2 N–H and O–H groups in total. The minimum Gasteiger partial charge on any atom is -0.305 e. The first-order valence-corrected chi connectivity index (χ1v) is 7.41. The Balaban J connectivity index is 0. The average Bonchev–Trinajstić information content (AvgIpc) is 2.57. The predicted molar refractivity (Wildman–Crippen MR) is 102 cm³/mol. The lowest BCUT2D eigenvalue weighted by molar-refractivity contribution is 0.402. The predicted octanol–water partition coefficient (Wildman–Crippen LogP) is 4.19. The van der Waals surface area contributed by atoms with E-state index >= 15 is 0 Å². The van der Waals surface area contributed by atoms with Crippen LogP contribution in [0.5, 0.6) is 0 Å². The van der Waals surface area contributed by atoms with Gasteiger partial charge >= 0.3 is 0 Å². The molecule has 0 atom stereocenters. The van der Waals surface area contributed by atoms with Crippen molar-refractivity contribution in [3.8, 4) is 0 Å². The van der Waals surface area contributed by atoms with Crippen LogP contribution in [0.15, 0.2) is 61.2 Å². The summed E-state index contributed by atoms with van der Waals surface area (Å²) >= 11 is 0. The second kappa shape index (κ2) is 17.3. The molecule has 2 rings (SSSR count). The van der Waals surface area contributed by atoms with Crippen LogP contribution in [0.4, 0.5) is 0 Å². The molecule has 0 unspecified atom stereocenters. The monoisotopic (exact) mass is 339 g/mol. The van der Waals surface area contributed by atoms with Crippen molar-refractivity contribution < 1.29 is 9.59 Å². The van der Waals surface area contributed by atoms with E-state index in [0.717, 1.165) is 18.7 Å². The van der Waals surface area contributed by atoms with Crippen LogP contribution in [0.3, 0.4) is 0 Å². The Bertz CT molecular complexity index is 644. The van der Waals surface area contributed by atoms with Gasteiger partial charge in [-0.05, 0) is 32.1 Å². The van der Waals surface area contributed by atoms with Crippen LogP contribution in [0.1, 0.15) is 16.7 Å². The quantitative estimate of drug-likeness (QED) is 0.649. The van der Waals surface area contributed by atoms with Gasteiger partial charge in [0.2, 0.25) is 12.2 Å². The fraction of sp³-hybridized carbons (Fsp3) is 0.200. The van der Waals surface area contributed by atoms with E-state index in [0.29, 0.717) is 0 Å². The fourth-order valence-corrected chi connectivity index (χ4v) is 1.75. The fourth-order valence-electron chi connectivity index (χ4n) is 1.75. The molecule has 0 saturated carbocycles. The Labute approximate surface area is 149 Å². The Morgan fingerprint density at radius 3 is 1.76 bits per heavy atom. The summed E-state index contributed by atoms with van der Waals surface area (Å²) < 4.78 is 0. The highest BCUT2D eigenvalue weighted by atomic mass is 16.1. The molecule has 0 aliphatic carbocycles. The highest BCUT2D eigenvalue weighted by molar-refractivity contribution is 5.51. The number of aryl methyl sites for hydroxylation is 1. The van der Waals surface area contributed by atoms with Crippen molar-refractivity contribution in [3.63, 3.8) is 0 Å². The summed E-state index contributed by atoms with van der Waals surface area (Å²) in [4.78, 5) is 18.8. The number of nitrogens with one attached hydrogen (secondary N) is 2. The second-order valence-corrected chi connectivity index (χ2v) is 5.00. The van der Waals surface area contributed by atoms with Crippen molar-refractivity contribution in [2.75, 3.05) is 14.1 Å². The van der Waals surface area contributed by atoms with Crippen LogP contribution < -0.4 is 0 Å². The average molecular weight is 339 g/mol. The van der Waals surface area contributed by atoms with Crippen molar-refractivity contribution in [3.05, 3.63) is 77.9 Å². The smallest absolute Gasteiger partial charge is 0.231 e. The van der Waals surface area contributed by atoms with Gasteiger partial charge in [0.15, 0.2) is 0 Å². The topological polar surface area (TPSA) is 85.1 Å². The third-order valence-corrected chi connectivity index (χ3v) is 2.70. The van der Waals surface area contributed by atoms with Crippen molar-refractivity contribution in [1.82, 2.24) is 4.90 Å². The minimum atomic E-state index is 0.750. The third kappa shape index (κ3) is 15.6. The zero-order valence-electron chi connectivity index (χ0n) is 15.0. The zero-order valence-corrected chi connectivity index (χ0v) is 15.0. The molecule has 132 valence electrons. The van der Waals surface area contributed by atoms with E-state index in [4.69, 9.17) is 20.4 Å². The molecule has 0 aliphatic heterocycles. The number of rotatable bonds is 3. The highest BCUT2D eigenvalue weighted by Gasteiger charge is 1.98. The van der Waals surface area contributed by atoms with Gasteiger partial charge < -0.3 is 4.90 Å². The first-order chi connectivity index (χ1) is 12.0. The summed E-state index contributed by atoms with van der Waals surface area (Å²) in [5.41, 5.74) is 3.88. The molecule has 0 amide bonds. The van der Waals surface area contributed by atoms with Crippen LogP contribution in [0.25, 0.3) is 6.08 Å². The molecule has 0 spiro atoms. The Morgan fingerprint density at radius 1 is 0.960 bits per heavy atom. The van der Waals surface area contributed by atoms with Gasteiger partial charge in [0.25, 0.3) is 0 Å². The SMILES string of the molecule is C=Cc1ccccc1CN(C)C.Cc1ccccc1.N=C=O.N=C=O. The lowest BCUT2D eigenvalue weighted by atomic mass is 10.1. The summed E-state index contributed by atoms with van der Waals surface area (Å²) in [6.07, 6.45) is 3.40. The van der Waals surface area contributed by atoms with Crippen molar-refractivity contribution in [2.24, 2.45) is 0 Å². The maximum Gasteiger partial charge on any atom is 0.231 e. The largest absolute Gasteiger partial charge is 0.305 e. The van der Waals surface area contributed by atoms with E-state index < -0.39 is 0 Å². The van der Waals surface area contributed by atoms with Crippen molar-refractivity contribution in [2.45, 2.75) is 13.5 Å². The summed E-state index contributed by atoms with van der Waals surface area (Å²) in [6, 6.07) is 18.6. The zero-order chi connectivity index (χ0) is 19.5. The van der Waals surface area contributed by atoms with E-state index in [-0.39, 0.29) is 0 Å². The maximum atomic E-state index is 8.35. The van der Waals surface area contributed by atoms with Gasteiger partial charge in [-0.15, -0.1) is 0 Å². The molecule has 5 heteroatoms. The van der Waals surface area contributed by atoms with E-state index in [2.05, 4.69) is 62.8 Å². The molecule has 0 aromatic heterocycles. The van der Waals surface area contributed by atoms with Crippen LogP contribution in [-0.4, -0.2) is 31.2 Å². The molecular formula is C20H25N3O2. The molecule has 2 aromatic carbocycles. The first-order valence-electron chi connectivity index (χ1n) is 7.41. The van der Waals surface area contributed by atoms with Crippen molar-refractivity contribution in [1.29, 1.82) is 10.8 Å². The second-order valence-electron chi connectivity index (χ2n) is 5.00. The Kier molecular flexibility index (Phi) is 16.7. The van der Waals surface area contributed by atoms with Gasteiger partial charge in [0.05, 0.1) is 0 Å². The number of hydrogen-bond donors (Lipinski definition) is 2. The minimum absolute atomic E-state index is 0.750. The summed E-state index contributed by atoms with van der Waals surface area (Å²) in [7, 11) is 4.14. The number of carbonyl (C=O) groups excluding carboxylic acids is 2. The molecule has 2 aromatic rings. The molecule has 0 radical (unpaired) electrons. The van der Waals surface area contributed by atoms with E-state index in [1.165, 1.54) is 16.7 Å². The first kappa shape index (κ1) is 24.2. The number of hydrogen-bond acceptors (Lipinski definition) is 5.